The zero-order valence-electron chi connectivity index (χ0n) is 12.1. The highest BCUT2D eigenvalue weighted by Gasteiger charge is 2.04. The van der Waals surface area contributed by atoms with Crippen LogP contribution in [0.2, 0.25) is 0 Å². The molecule has 0 spiro atoms. The summed E-state index contributed by atoms with van der Waals surface area (Å²) in [6.45, 7) is 4.73. The Morgan fingerprint density at radius 3 is 2.86 bits per heavy atom. The molecule has 0 aliphatic heterocycles. The Hall–Kier alpha value is -2.69. The Morgan fingerprint density at radius 1 is 1.19 bits per heavy atom. The van der Waals surface area contributed by atoms with Crippen molar-refractivity contribution in [1.29, 1.82) is 0 Å². The molecule has 106 valence electrons. The van der Waals surface area contributed by atoms with Crippen molar-refractivity contribution < 1.29 is 0 Å². The number of nitrogens with one attached hydrogen (secondary N) is 2. The van der Waals surface area contributed by atoms with Gasteiger partial charge in [0.1, 0.15) is 5.82 Å². The molecular weight excluding hydrogens is 262 g/mol. The number of aromatic nitrogens is 4. The molecular formula is C16H17N5. The SMILES string of the molecule is Cc1nc(-c2cccc(NCc3cnccc3C)c2)n[nH]1. The summed E-state index contributed by atoms with van der Waals surface area (Å²) >= 11 is 0. The maximum Gasteiger partial charge on any atom is 0.181 e. The van der Waals surface area contributed by atoms with Gasteiger partial charge in [-0.1, -0.05) is 12.1 Å². The van der Waals surface area contributed by atoms with Crippen molar-refractivity contribution in [3.05, 3.63) is 59.7 Å². The molecule has 0 amide bonds. The molecule has 0 radical (unpaired) electrons. The van der Waals surface area contributed by atoms with Crippen LogP contribution in [0.1, 0.15) is 17.0 Å². The molecule has 0 saturated carbocycles. The molecule has 0 aliphatic carbocycles. The molecule has 0 saturated heterocycles. The third kappa shape index (κ3) is 3.08. The molecule has 5 heteroatoms. The van der Waals surface area contributed by atoms with Crippen LogP contribution in [0.15, 0.2) is 42.7 Å². The van der Waals surface area contributed by atoms with E-state index in [1.54, 1.807) is 0 Å². The number of hydrogen-bond donors (Lipinski definition) is 2. The van der Waals surface area contributed by atoms with Crippen molar-refractivity contribution in [2.45, 2.75) is 20.4 Å². The second kappa shape index (κ2) is 5.75. The fourth-order valence-corrected chi connectivity index (χ4v) is 2.12. The van der Waals surface area contributed by atoms with Crippen LogP contribution < -0.4 is 5.32 Å². The average Bonchev–Trinajstić information content (AvgIpc) is 2.93. The predicted octanol–water partition coefficient (Wildman–Crippen LogP) is 3.10. The molecule has 0 aliphatic rings. The van der Waals surface area contributed by atoms with E-state index in [9.17, 15) is 0 Å². The lowest BCUT2D eigenvalue weighted by atomic mass is 10.1. The van der Waals surface area contributed by atoms with Gasteiger partial charge in [-0.2, -0.15) is 5.10 Å². The molecule has 0 unspecified atom stereocenters. The molecule has 3 rings (SSSR count). The molecule has 1 aromatic carbocycles. The third-order valence-electron chi connectivity index (χ3n) is 3.35. The smallest absolute Gasteiger partial charge is 0.181 e. The summed E-state index contributed by atoms with van der Waals surface area (Å²) in [4.78, 5) is 8.51. The molecule has 2 heterocycles. The normalized spacial score (nSPS) is 10.6. The van der Waals surface area contributed by atoms with Gasteiger partial charge in [0.2, 0.25) is 0 Å². The van der Waals surface area contributed by atoms with Gasteiger partial charge in [0.05, 0.1) is 0 Å². The van der Waals surface area contributed by atoms with Crippen molar-refractivity contribution in [2.24, 2.45) is 0 Å². The summed E-state index contributed by atoms with van der Waals surface area (Å²) < 4.78 is 0. The molecule has 0 bridgehead atoms. The summed E-state index contributed by atoms with van der Waals surface area (Å²) in [6, 6.07) is 10.1. The minimum absolute atomic E-state index is 0.716. The first-order chi connectivity index (χ1) is 10.2. The van der Waals surface area contributed by atoms with E-state index in [1.807, 2.05) is 49.6 Å². The van der Waals surface area contributed by atoms with E-state index in [1.165, 1.54) is 11.1 Å². The van der Waals surface area contributed by atoms with E-state index in [2.05, 4.69) is 32.4 Å². The number of hydrogen-bond acceptors (Lipinski definition) is 4. The van der Waals surface area contributed by atoms with Crippen molar-refractivity contribution >= 4 is 5.69 Å². The van der Waals surface area contributed by atoms with Crippen LogP contribution in [-0.4, -0.2) is 20.2 Å². The predicted molar refractivity (Wildman–Crippen MR) is 82.9 cm³/mol. The third-order valence-corrected chi connectivity index (χ3v) is 3.35. The minimum atomic E-state index is 0.716. The molecule has 2 N–H and O–H groups in total. The molecule has 3 aromatic rings. The first-order valence-electron chi connectivity index (χ1n) is 6.85. The number of pyridine rings is 1. The Kier molecular flexibility index (Phi) is 3.64. The van der Waals surface area contributed by atoms with Gasteiger partial charge in [0.25, 0.3) is 0 Å². The van der Waals surface area contributed by atoms with Gasteiger partial charge in [-0.3, -0.25) is 10.1 Å². The lowest BCUT2D eigenvalue weighted by molar-refractivity contribution is 1.04. The first kappa shape index (κ1) is 13.3. The lowest BCUT2D eigenvalue weighted by Gasteiger charge is -2.09. The van der Waals surface area contributed by atoms with Crippen molar-refractivity contribution in [3.63, 3.8) is 0 Å². The number of rotatable bonds is 4. The monoisotopic (exact) mass is 279 g/mol. The Bertz CT molecular complexity index is 748. The zero-order valence-corrected chi connectivity index (χ0v) is 12.1. The highest BCUT2D eigenvalue weighted by atomic mass is 15.2. The highest BCUT2D eigenvalue weighted by molar-refractivity contribution is 5.62. The van der Waals surface area contributed by atoms with Gasteiger partial charge >= 0.3 is 0 Å². The maximum absolute atomic E-state index is 4.35. The summed E-state index contributed by atoms with van der Waals surface area (Å²) in [5.74, 6) is 1.53. The maximum atomic E-state index is 4.35. The quantitative estimate of drug-likeness (QED) is 0.770. The zero-order chi connectivity index (χ0) is 14.7. The number of anilines is 1. The minimum Gasteiger partial charge on any atom is -0.381 e. The van der Waals surface area contributed by atoms with Gasteiger partial charge in [-0.25, -0.2) is 4.98 Å². The Balaban J connectivity index is 1.76. The van der Waals surface area contributed by atoms with Crippen LogP contribution in [0.4, 0.5) is 5.69 Å². The molecule has 0 atom stereocenters. The second-order valence-electron chi connectivity index (χ2n) is 4.98. The summed E-state index contributed by atoms with van der Waals surface area (Å²) in [5, 5.41) is 10.5. The topological polar surface area (TPSA) is 66.5 Å². The molecule has 5 nitrogen and oxygen atoms in total. The van der Waals surface area contributed by atoms with Crippen molar-refractivity contribution in [2.75, 3.05) is 5.32 Å². The van der Waals surface area contributed by atoms with E-state index in [0.29, 0.717) is 5.82 Å². The van der Waals surface area contributed by atoms with Crippen LogP contribution in [0.3, 0.4) is 0 Å². The summed E-state index contributed by atoms with van der Waals surface area (Å²) in [7, 11) is 0. The van der Waals surface area contributed by atoms with Crippen LogP contribution in [0.5, 0.6) is 0 Å². The molecule has 0 fully saturated rings. The van der Waals surface area contributed by atoms with Crippen LogP contribution >= 0.6 is 0 Å². The van der Waals surface area contributed by atoms with E-state index < -0.39 is 0 Å². The Labute approximate surface area is 123 Å². The van der Waals surface area contributed by atoms with Crippen LogP contribution in [0.25, 0.3) is 11.4 Å². The lowest BCUT2D eigenvalue weighted by Crippen LogP contribution is -2.01. The van der Waals surface area contributed by atoms with E-state index in [-0.39, 0.29) is 0 Å². The van der Waals surface area contributed by atoms with Crippen LogP contribution in [-0.2, 0) is 6.54 Å². The molecule has 2 aromatic heterocycles. The number of benzene rings is 1. The van der Waals surface area contributed by atoms with E-state index in [0.717, 1.165) is 23.6 Å². The number of aromatic amines is 1. The standard InChI is InChI=1S/C16H17N5/c1-11-6-7-17-9-14(11)10-18-15-5-3-4-13(8-15)16-19-12(2)20-21-16/h3-9,18H,10H2,1-2H3,(H,19,20,21). The fourth-order valence-electron chi connectivity index (χ4n) is 2.12. The van der Waals surface area contributed by atoms with Gasteiger partial charge in [0, 0.05) is 30.2 Å². The first-order valence-corrected chi connectivity index (χ1v) is 6.85. The van der Waals surface area contributed by atoms with Crippen molar-refractivity contribution in [1.82, 2.24) is 20.2 Å². The van der Waals surface area contributed by atoms with Crippen LogP contribution in [0, 0.1) is 13.8 Å². The number of nitrogens with zero attached hydrogens (tertiary/aromatic N) is 3. The van der Waals surface area contributed by atoms with Gasteiger partial charge < -0.3 is 5.32 Å². The van der Waals surface area contributed by atoms with E-state index in [4.69, 9.17) is 0 Å². The highest BCUT2D eigenvalue weighted by Crippen LogP contribution is 2.20. The van der Waals surface area contributed by atoms with E-state index >= 15 is 0 Å². The largest absolute Gasteiger partial charge is 0.381 e. The van der Waals surface area contributed by atoms with Gasteiger partial charge in [-0.15, -0.1) is 0 Å². The average molecular weight is 279 g/mol. The molecule has 21 heavy (non-hydrogen) atoms. The Morgan fingerprint density at radius 2 is 2.10 bits per heavy atom. The summed E-state index contributed by atoms with van der Waals surface area (Å²) in [6.07, 6.45) is 3.70. The summed E-state index contributed by atoms with van der Waals surface area (Å²) in [5.41, 5.74) is 4.46. The van der Waals surface area contributed by atoms with Crippen molar-refractivity contribution in [3.8, 4) is 11.4 Å². The number of H-pyrrole nitrogens is 1. The van der Waals surface area contributed by atoms with Gasteiger partial charge in [-0.05, 0) is 43.2 Å². The fraction of sp³-hybridized carbons (Fsp3) is 0.188. The second-order valence-corrected chi connectivity index (χ2v) is 4.98. The van der Waals surface area contributed by atoms with Gasteiger partial charge in [0.15, 0.2) is 5.82 Å². The number of aryl methyl sites for hydroxylation is 2.